The molecule has 0 radical (unpaired) electrons. The van der Waals surface area contributed by atoms with Crippen LogP contribution in [0.4, 0.5) is 4.39 Å². The summed E-state index contributed by atoms with van der Waals surface area (Å²) in [6.07, 6.45) is 0.667. The van der Waals surface area contributed by atoms with Gasteiger partial charge in [-0.25, -0.2) is 4.39 Å². The van der Waals surface area contributed by atoms with Crippen LogP contribution in [0.15, 0.2) is 28.4 Å². The van der Waals surface area contributed by atoms with E-state index in [1.54, 1.807) is 6.07 Å². The molecule has 1 unspecified atom stereocenters. The molecular weight excluding hydrogens is 229 g/mol. The first kappa shape index (κ1) is 11.1. The molecule has 0 saturated carbocycles. The van der Waals surface area contributed by atoms with E-state index in [4.69, 9.17) is 17.3 Å². The smallest absolute Gasteiger partial charge is 0.125 e. The monoisotopic (exact) mass is 239 g/mol. The van der Waals surface area contributed by atoms with Crippen LogP contribution in [-0.2, 0) is 0 Å². The summed E-state index contributed by atoms with van der Waals surface area (Å²) in [6.45, 7) is 1.96. The van der Waals surface area contributed by atoms with E-state index in [0.717, 1.165) is 5.71 Å². The van der Waals surface area contributed by atoms with Crippen LogP contribution in [0.25, 0.3) is 0 Å². The highest BCUT2D eigenvalue weighted by Gasteiger charge is 2.19. The van der Waals surface area contributed by atoms with Gasteiger partial charge in [0.2, 0.25) is 0 Å². The minimum atomic E-state index is -0.360. The first-order valence-corrected chi connectivity index (χ1v) is 5.31. The van der Waals surface area contributed by atoms with Crippen molar-refractivity contribution in [1.29, 1.82) is 0 Å². The summed E-state index contributed by atoms with van der Waals surface area (Å²) in [5, 5.41) is 8.21. The molecule has 16 heavy (non-hydrogen) atoms. The molecule has 0 aliphatic carbocycles. The van der Waals surface area contributed by atoms with Crippen LogP contribution >= 0.6 is 11.6 Å². The Morgan fingerprint density at radius 2 is 2.19 bits per heavy atom. The lowest BCUT2D eigenvalue weighted by atomic mass is 9.97. The second-order valence-electron chi connectivity index (χ2n) is 3.80. The van der Waals surface area contributed by atoms with Crippen molar-refractivity contribution in [3.05, 3.63) is 34.6 Å². The minimum absolute atomic E-state index is 0.133. The van der Waals surface area contributed by atoms with Gasteiger partial charge in [-0.1, -0.05) is 18.5 Å². The van der Waals surface area contributed by atoms with Gasteiger partial charge in [0.05, 0.1) is 10.7 Å². The Labute approximate surface area is 97.8 Å². The van der Waals surface area contributed by atoms with E-state index in [2.05, 4.69) is 10.2 Å². The molecule has 84 valence electrons. The first-order valence-electron chi connectivity index (χ1n) is 4.93. The predicted octanol–water partition coefficient (Wildman–Crippen LogP) is 2.58. The van der Waals surface area contributed by atoms with E-state index in [-0.39, 0.29) is 11.7 Å². The van der Waals surface area contributed by atoms with E-state index in [9.17, 15) is 4.39 Å². The quantitative estimate of drug-likeness (QED) is 0.805. The molecule has 1 atom stereocenters. The van der Waals surface area contributed by atoms with E-state index in [1.807, 2.05) is 6.92 Å². The number of hydrogen-bond acceptors (Lipinski definition) is 3. The number of benzene rings is 1. The minimum Gasteiger partial charge on any atom is -0.385 e. The third-order valence-corrected chi connectivity index (χ3v) is 2.85. The van der Waals surface area contributed by atoms with Crippen LogP contribution in [-0.4, -0.2) is 11.5 Å². The zero-order valence-electron chi connectivity index (χ0n) is 8.74. The number of amidine groups is 1. The van der Waals surface area contributed by atoms with Crippen molar-refractivity contribution >= 4 is 23.1 Å². The van der Waals surface area contributed by atoms with Gasteiger partial charge in [-0.05, 0) is 18.2 Å². The van der Waals surface area contributed by atoms with Crippen molar-refractivity contribution < 1.29 is 4.39 Å². The third kappa shape index (κ3) is 2.07. The maximum Gasteiger partial charge on any atom is 0.125 e. The van der Waals surface area contributed by atoms with Gasteiger partial charge in [-0.2, -0.15) is 5.10 Å². The van der Waals surface area contributed by atoms with Gasteiger partial charge in [0.25, 0.3) is 0 Å². The summed E-state index contributed by atoms with van der Waals surface area (Å²) >= 11 is 5.95. The van der Waals surface area contributed by atoms with Gasteiger partial charge < -0.3 is 5.73 Å². The van der Waals surface area contributed by atoms with E-state index >= 15 is 0 Å². The molecule has 0 amide bonds. The van der Waals surface area contributed by atoms with Gasteiger partial charge in [-0.3, -0.25) is 0 Å². The van der Waals surface area contributed by atoms with Crippen molar-refractivity contribution in [3.63, 3.8) is 0 Å². The summed E-state index contributed by atoms with van der Waals surface area (Å²) in [4.78, 5) is 0. The predicted molar refractivity (Wildman–Crippen MR) is 63.4 cm³/mol. The van der Waals surface area contributed by atoms with Crippen LogP contribution in [0.5, 0.6) is 0 Å². The van der Waals surface area contributed by atoms with Crippen molar-refractivity contribution in [2.75, 3.05) is 0 Å². The summed E-state index contributed by atoms with van der Waals surface area (Å²) in [7, 11) is 0. The SMILES string of the molecule is CC1CC(c2ccc(F)cc2Cl)=NN=C1N. The highest BCUT2D eigenvalue weighted by atomic mass is 35.5. The number of halogens is 2. The zero-order chi connectivity index (χ0) is 11.7. The lowest BCUT2D eigenvalue weighted by Crippen LogP contribution is -2.26. The average molecular weight is 240 g/mol. The van der Waals surface area contributed by atoms with Crippen molar-refractivity contribution in [1.82, 2.24) is 0 Å². The third-order valence-electron chi connectivity index (χ3n) is 2.53. The van der Waals surface area contributed by atoms with Crippen LogP contribution in [0.3, 0.4) is 0 Å². The molecule has 5 heteroatoms. The van der Waals surface area contributed by atoms with Crippen molar-refractivity contribution in [2.24, 2.45) is 21.9 Å². The highest BCUT2D eigenvalue weighted by Crippen LogP contribution is 2.23. The standard InChI is InChI=1S/C11H11ClFN3/c1-6-4-10(15-16-11(6)14)8-3-2-7(13)5-9(8)12/h2-3,5-6H,4H2,1H3,(H2,14,16). The fourth-order valence-corrected chi connectivity index (χ4v) is 1.82. The van der Waals surface area contributed by atoms with E-state index < -0.39 is 0 Å². The largest absolute Gasteiger partial charge is 0.385 e. The molecular formula is C11H11ClFN3. The molecule has 1 aliphatic heterocycles. The Morgan fingerprint density at radius 1 is 1.44 bits per heavy atom. The zero-order valence-corrected chi connectivity index (χ0v) is 9.50. The lowest BCUT2D eigenvalue weighted by Gasteiger charge is -2.16. The van der Waals surface area contributed by atoms with Crippen LogP contribution in [0, 0.1) is 11.7 Å². The summed E-state index contributed by atoms with van der Waals surface area (Å²) in [5.41, 5.74) is 7.09. The Morgan fingerprint density at radius 3 is 2.81 bits per heavy atom. The first-order chi connectivity index (χ1) is 7.58. The van der Waals surface area contributed by atoms with Gasteiger partial charge in [-0.15, -0.1) is 5.10 Å². The van der Waals surface area contributed by atoms with Gasteiger partial charge in [0, 0.05) is 17.9 Å². The number of hydrogen-bond donors (Lipinski definition) is 1. The molecule has 2 rings (SSSR count). The molecule has 1 aromatic carbocycles. The molecule has 1 aliphatic rings. The fourth-order valence-electron chi connectivity index (χ4n) is 1.54. The van der Waals surface area contributed by atoms with Gasteiger partial charge >= 0.3 is 0 Å². The molecule has 0 aromatic heterocycles. The van der Waals surface area contributed by atoms with Crippen molar-refractivity contribution in [2.45, 2.75) is 13.3 Å². The molecule has 0 spiro atoms. The maximum absolute atomic E-state index is 12.9. The lowest BCUT2D eigenvalue weighted by molar-refractivity contribution is 0.627. The van der Waals surface area contributed by atoms with Crippen LogP contribution in [0.1, 0.15) is 18.9 Å². The molecule has 3 nitrogen and oxygen atoms in total. The summed E-state index contributed by atoms with van der Waals surface area (Å²) in [6, 6.07) is 4.24. The second kappa shape index (κ2) is 4.22. The normalized spacial score (nSPS) is 20.3. The van der Waals surface area contributed by atoms with Crippen molar-refractivity contribution in [3.8, 4) is 0 Å². The topological polar surface area (TPSA) is 50.7 Å². The summed E-state index contributed by atoms with van der Waals surface area (Å²) in [5.74, 6) is 0.289. The number of nitrogens with zero attached hydrogens (tertiary/aromatic N) is 2. The molecule has 2 N–H and O–H groups in total. The van der Waals surface area contributed by atoms with Gasteiger partial charge in [0.15, 0.2) is 0 Å². The Bertz CT molecular complexity index is 482. The number of rotatable bonds is 1. The average Bonchev–Trinajstić information content (AvgIpc) is 2.22. The van der Waals surface area contributed by atoms with E-state index in [0.29, 0.717) is 22.8 Å². The van der Waals surface area contributed by atoms with Gasteiger partial charge in [0.1, 0.15) is 11.7 Å². The molecule has 0 fully saturated rings. The Balaban J connectivity index is 2.39. The molecule has 1 aromatic rings. The molecule has 1 heterocycles. The van der Waals surface area contributed by atoms with E-state index in [1.165, 1.54) is 12.1 Å². The van der Waals surface area contributed by atoms with Crippen LogP contribution < -0.4 is 5.73 Å². The highest BCUT2D eigenvalue weighted by molar-refractivity contribution is 6.34. The Hall–Kier alpha value is -1.42. The second-order valence-corrected chi connectivity index (χ2v) is 4.21. The fraction of sp³-hybridized carbons (Fsp3) is 0.273. The Kier molecular flexibility index (Phi) is 2.92. The summed E-state index contributed by atoms with van der Waals surface area (Å²) < 4.78 is 12.9. The molecule has 0 saturated heterocycles. The maximum atomic E-state index is 12.9. The number of nitrogens with two attached hydrogens (primary N) is 1. The molecule has 0 bridgehead atoms. The van der Waals surface area contributed by atoms with Crippen LogP contribution in [0.2, 0.25) is 5.02 Å².